The third-order valence-electron chi connectivity index (χ3n) is 7.45. The van der Waals surface area contributed by atoms with Gasteiger partial charge in [0.25, 0.3) is 0 Å². The van der Waals surface area contributed by atoms with Gasteiger partial charge in [0, 0.05) is 12.0 Å². The summed E-state index contributed by atoms with van der Waals surface area (Å²) in [4.78, 5) is 40.7. The number of fused-ring (bicyclic) bond motifs is 1. The number of ether oxygens (including phenoxy) is 3. The number of nitrogens with one attached hydrogen (secondary N) is 1. The van der Waals surface area contributed by atoms with Crippen molar-refractivity contribution in [1.29, 1.82) is 0 Å². The van der Waals surface area contributed by atoms with Crippen LogP contribution in [0.4, 0.5) is 4.79 Å². The highest BCUT2D eigenvalue weighted by atomic mass is 16.5. The smallest absolute Gasteiger partial charge is 0.407 e. The number of carbonyl (C=O) groups is 3. The highest BCUT2D eigenvalue weighted by molar-refractivity contribution is 5.92. The van der Waals surface area contributed by atoms with E-state index in [1.54, 1.807) is 25.3 Å². The van der Waals surface area contributed by atoms with Crippen LogP contribution in [0, 0.1) is 5.41 Å². The molecule has 41 heavy (non-hydrogen) atoms. The van der Waals surface area contributed by atoms with Crippen LogP contribution in [0.3, 0.4) is 0 Å². The van der Waals surface area contributed by atoms with E-state index in [2.05, 4.69) is 18.5 Å². The Hall–Kier alpha value is -3.85. The van der Waals surface area contributed by atoms with E-state index in [1.807, 2.05) is 45.0 Å². The van der Waals surface area contributed by atoms with Gasteiger partial charge in [0.1, 0.15) is 23.4 Å². The minimum Gasteiger partial charge on any atom is -0.496 e. The van der Waals surface area contributed by atoms with Gasteiger partial charge in [-0.25, -0.2) is 9.59 Å². The number of allylic oxidation sites excluding steroid dienone is 1. The molecule has 0 aromatic heterocycles. The summed E-state index contributed by atoms with van der Waals surface area (Å²) in [7, 11) is 2.83. The van der Waals surface area contributed by atoms with Gasteiger partial charge in [-0.1, -0.05) is 51.6 Å². The lowest BCUT2D eigenvalue weighted by atomic mass is 9.85. The molecule has 0 aliphatic carbocycles. The molecular weight excluding hydrogens is 524 g/mol. The first kappa shape index (κ1) is 31.7. The Labute approximate surface area is 242 Å². The van der Waals surface area contributed by atoms with E-state index in [1.165, 1.54) is 12.0 Å². The number of aliphatic hydroxyl groups is 1. The fourth-order valence-corrected chi connectivity index (χ4v) is 5.12. The van der Waals surface area contributed by atoms with Crippen molar-refractivity contribution >= 4 is 34.8 Å². The molecule has 2 aromatic carbocycles. The van der Waals surface area contributed by atoms with E-state index in [0.717, 1.165) is 29.2 Å². The lowest BCUT2D eigenvalue weighted by Gasteiger charge is -2.35. The number of hydrogen-bond acceptors (Lipinski definition) is 7. The number of β-amino-alcohol motifs (C(OH)–C–C–N with tert-alkyl or cyclic N) is 1. The van der Waals surface area contributed by atoms with Crippen molar-refractivity contribution in [2.45, 2.75) is 64.1 Å². The third-order valence-corrected chi connectivity index (χ3v) is 7.45. The van der Waals surface area contributed by atoms with E-state index < -0.39 is 41.1 Å². The Morgan fingerprint density at radius 2 is 1.88 bits per heavy atom. The first-order valence-corrected chi connectivity index (χ1v) is 13.8. The van der Waals surface area contributed by atoms with Crippen LogP contribution in [-0.4, -0.2) is 67.4 Å². The standard InChI is InChI=1S/C32H42N2O7/c1-8-10-11-12-15-41-30(37)33-27(31(3,4)5)28(35)34-20-32(38,19-25(34)29(36)40-7)24-14-13-22-18-26(39-6)21(9-2)16-23(22)17-24/h8-9,13-14,16-18,25,27,38H,1-2,10-12,15,19-20H2,3-7H3,(H,33,37)/t25?,27-,32?/m1/s1. The molecule has 0 saturated carbocycles. The van der Waals surface area contributed by atoms with Gasteiger partial charge >= 0.3 is 12.1 Å². The minimum absolute atomic E-state index is 0.0635. The van der Waals surface area contributed by atoms with Crippen LogP contribution in [0.1, 0.15) is 57.6 Å². The molecule has 3 atom stereocenters. The van der Waals surface area contributed by atoms with Crippen LogP contribution < -0.4 is 10.1 Å². The van der Waals surface area contributed by atoms with Crippen molar-refractivity contribution in [3.63, 3.8) is 0 Å². The van der Waals surface area contributed by atoms with Gasteiger partial charge in [-0.15, -0.1) is 6.58 Å². The molecule has 2 aromatic rings. The average molecular weight is 567 g/mol. The van der Waals surface area contributed by atoms with Crippen LogP contribution >= 0.6 is 0 Å². The lowest BCUT2D eigenvalue weighted by Crippen LogP contribution is -2.57. The molecule has 2 unspecified atom stereocenters. The fraction of sp³-hybridized carbons (Fsp3) is 0.469. The Morgan fingerprint density at radius 3 is 2.49 bits per heavy atom. The first-order chi connectivity index (χ1) is 19.4. The molecule has 1 aliphatic heterocycles. The van der Waals surface area contributed by atoms with E-state index in [0.29, 0.717) is 17.7 Å². The number of esters is 1. The largest absolute Gasteiger partial charge is 0.496 e. The van der Waals surface area contributed by atoms with Gasteiger partial charge in [-0.2, -0.15) is 0 Å². The number of benzene rings is 2. The normalized spacial score (nSPS) is 19.4. The molecule has 1 fully saturated rings. The second-order valence-corrected chi connectivity index (χ2v) is 11.5. The summed E-state index contributed by atoms with van der Waals surface area (Å²) in [6, 6.07) is 7.21. The maximum Gasteiger partial charge on any atom is 0.407 e. The number of alkyl carbamates (subject to hydrolysis) is 1. The Balaban J connectivity index is 1.90. The van der Waals surface area contributed by atoms with Crippen LogP contribution in [0.2, 0.25) is 0 Å². The summed E-state index contributed by atoms with van der Waals surface area (Å²) in [6.45, 7) is 13.0. The highest BCUT2D eigenvalue weighted by Crippen LogP contribution is 2.39. The molecule has 9 heteroatoms. The zero-order chi connectivity index (χ0) is 30.4. The number of amides is 2. The fourth-order valence-electron chi connectivity index (χ4n) is 5.12. The zero-order valence-electron chi connectivity index (χ0n) is 24.7. The number of rotatable bonds is 11. The number of hydrogen-bond donors (Lipinski definition) is 2. The monoisotopic (exact) mass is 566 g/mol. The number of nitrogens with zero attached hydrogens (tertiary/aromatic N) is 1. The number of methoxy groups -OCH3 is 2. The predicted octanol–water partition coefficient (Wildman–Crippen LogP) is 4.95. The molecule has 1 aliphatic rings. The van der Waals surface area contributed by atoms with Gasteiger partial charge in [0.2, 0.25) is 5.91 Å². The highest BCUT2D eigenvalue weighted by Gasteiger charge is 2.52. The van der Waals surface area contributed by atoms with Crippen molar-refractivity contribution < 1.29 is 33.7 Å². The Morgan fingerprint density at radius 1 is 1.15 bits per heavy atom. The molecule has 3 rings (SSSR count). The molecule has 0 radical (unpaired) electrons. The minimum atomic E-state index is -1.54. The van der Waals surface area contributed by atoms with Crippen LogP contribution in [-0.2, 0) is 24.7 Å². The molecule has 9 nitrogen and oxygen atoms in total. The molecule has 0 bridgehead atoms. The van der Waals surface area contributed by atoms with Gasteiger partial charge in [-0.3, -0.25) is 4.79 Å². The predicted molar refractivity (Wildman–Crippen MR) is 158 cm³/mol. The van der Waals surface area contributed by atoms with Gasteiger partial charge < -0.3 is 29.5 Å². The number of likely N-dealkylation sites (tertiary alicyclic amines) is 1. The molecule has 0 spiro atoms. The summed E-state index contributed by atoms with van der Waals surface area (Å²) in [6.07, 6.45) is 5.04. The summed E-state index contributed by atoms with van der Waals surface area (Å²) < 4.78 is 15.8. The van der Waals surface area contributed by atoms with Crippen molar-refractivity contribution in [2.24, 2.45) is 5.41 Å². The van der Waals surface area contributed by atoms with E-state index in [9.17, 15) is 19.5 Å². The topological polar surface area (TPSA) is 114 Å². The molecule has 2 amide bonds. The average Bonchev–Trinajstić information content (AvgIpc) is 3.32. The van der Waals surface area contributed by atoms with E-state index in [4.69, 9.17) is 14.2 Å². The van der Waals surface area contributed by atoms with E-state index in [-0.39, 0.29) is 19.6 Å². The molecule has 1 heterocycles. The number of carbonyl (C=O) groups excluding carboxylic acids is 3. The van der Waals surface area contributed by atoms with Crippen molar-refractivity contribution in [3.8, 4) is 5.75 Å². The van der Waals surface area contributed by atoms with Gasteiger partial charge in [0.05, 0.1) is 27.4 Å². The second kappa shape index (κ2) is 13.2. The maximum atomic E-state index is 14.0. The van der Waals surface area contributed by atoms with E-state index >= 15 is 0 Å². The van der Waals surface area contributed by atoms with Crippen molar-refractivity contribution in [2.75, 3.05) is 27.4 Å². The summed E-state index contributed by atoms with van der Waals surface area (Å²) in [5, 5.41) is 16.3. The molecule has 2 N–H and O–H groups in total. The van der Waals surface area contributed by atoms with Crippen LogP contribution in [0.15, 0.2) is 49.6 Å². The summed E-state index contributed by atoms with van der Waals surface area (Å²) in [5.74, 6) is -0.475. The third kappa shape index (κ3) is 7.27. The molecule has 222 valence electrons. The van der Waals surface area contributed by atoms with Gasteiger partial charge in [-0.05, 0) is 59.2 Å². The molecular formula is C32H42N2O7. The number of unbranched alkanes of at least 4 members (excludes halogenated alkanes) is 2. The maximum absolute atomic E-state index is 14.0. The Bertz CT molecular complexity index is 1300. The first-order valence-electron chi connectivity index (χ1n) is 13.8. The van der Waals surface area contributed by atoms with Crippen molar-refractivity contribution in [3.05, 3.63) is 60.7 Å². The summed E-state index contributed by atoms with van der Waals surface area (Å²) in [5.41, 5.74) is -0.908. The second-order valence-electron chi connectivity index (χ2n) is 11.5. The zero-order valence-corrected chi connectivity index (χ0v) is 24.7. The SMILES string of the molecule is C=CCCCCOC(=O)N[C@H](C(=O)N1CC(O)(c2ccc3cc(OC)c(C=C)cc3c2)CC1C(=O)OC)C(C)(C)C. The Kier molecular flexibility index (Phi) is 10.2. The van der Waals surface area contributed by atoms with Gasteiger partial charge in [0.15, 0.2) is 0 Å². The van der Waals surface area contributed by atoms with Crippen molar-refractivity contribution in [1.82, 2.24) is 10.2 Å². The van der Waals surface area contributed by atoms with Crippen LogP contribution in [0.5, 0.6) is 5.75 Å². The summed E-state index contributed by atoms with van der Waals surface area (Å²) >= 11 is 0. The quantitative estimate of drug-likeness (QED) is 0.225. The lowest BCUT2D eigenvalue weighted by molar-refractivity contribution is -0.152. The molecule has 1 saturated heterocycles. The van der Waals surface area contributed by atoms with Crippen LogP contribution in [0.25, 0.3) is 16.8 Å².